The number of aromatic nitrogens is 1. The Bertz CT molecular complexity index is 1020. The van der Waals surface area contributed by atoms with Gasteiger partial charge < -0.3 is 4.42 Å². The van der Waals surface area contributed by atoms with Crippen LogP contribution in [0.4, 0.5) is 11.5 Å². The third kappa shape index (κ3) is 3.75. The van der Waals surface area contributed by atoms with Crippen LogP contribution in [0.2, 0.25) is 0 Å². The first kappa shape index (κ1) is 18.1. The zero-order valence-corrected chi connectivity index (χ0v) is 15.6. The van der Waals surface area contributed by atoms with Gasteiger partial charge in [-0.3, -0.25) is 10.1 Å². The molecule has 26 heavy (non-hydrogen) atoms. The molecule has 0 bridgehead atoms. The summed E-state index contributed by atoms with van der Waals surface area (Å²) in [6.45, 7) is -0.105. The fourth-order valence-electron chi connectivity index (χ4n) is 2.26. The lowest BCUT2D eigenvalue weighted by Crippen LogP contribution is -2.31. The highest BCUT2D eigenvalue weighted by atomic mass is 79.9. The summed E-state index contributed by atoms with van der Waals surface area (Å²) in [5.41, 5.74) is -0.336. The van der Waals surface area contributed by atoms with Crippen LogP contribution in [0, 0.1) is 10.1 Å². The summed E-state index contributed by atoms with van der Waals surface area (Å²) < 4.78 is 32.9. The van der Waals surface area contributed by atoms with Gasteiger partial charge in [-0.25, -0.2) is 17.7 Å². The van der Waals surface area contributed by atoms with E-state index in [9.17, 15) is 18.5 Å². The second-order valence-corrected chi connectivity index (χ2v) is 7.96. The van der Waals surface area contributed by atoms with Gasteiger partial charge in [0.15, 0.2) is 0 Å². The molecule has 0 atom stereocenters. The number of nitro groups is 1. The molecule has 2 aromatic heterocycles. The Balaban J connectivity index is 2.12. The number of halogens is 1. The summed E-state index contributed by atoms with van der Waals surface area (Å²) in [4.78, 5) is 14.3. The minimum Gasteiger partial charge on any atom is -0.467 e. The molecule has 134 valence electrons. The van der Waals surface area contributed by atoms with Crippen LogP contribution in [0.1, 0.15) is 5.76 Å². The highest BCUT2D eigenvalue weighted by molar-refractivity contribution is 9.10. The van der Waals surface area contributed by atoms with Crippen molar-refractivity contribution in [2.75, 3.05) is 4.31 Å². The van der Waals surface area contributed by atoms with E-state index >= 15 is 0 Å². The Morgan fingerprint density at radius 1 is 1.19 bits per heavy atom. The first-order valence-corrected chi connectivity index (χ1v) is 9.52. The van der Waals surface area contributed by atoms with E-state index in [-0.39, 0.29) is 27.4 Å². The van der Waals surface area contributed by atoms with Gasteiger partial charge in [-0.2, -0.15) is 0 Å². The van der Waals surface area contributed by atoms with E-state index in [0.717, 1.165) is 10.4 Å². The zero-order chi connectivity index (χ0) is 18.7. The highest BCUT2D eigenvalue weighted by Gasteiger charge is 2.29. The van der Waals surface area contributed by atoms with Gasteiger partial charge in [0, 0.05) is 22.8 Å². The predicted molar refractivity (Wildman–Crippen MR) is 97.1 cm³/mol. The molecule has 0 saturated carbocycles. The van der Waals surface area contributed by atoms with Crippen LogP contribution in [0.15, 0.2) is 74.8 Å². The molecule has 3 aromatic rings. The van der Waals surface area contributed by atoms with Crippen molar-refractivity contribution < 1.29 is 17.8 Å². The van der Waals surface area contributed by atoms with Crippen molar-refractivity contribution in [3.8, 4) is 0 Å². The lowest BCUT2D eigenvalue weighted by Gasteiger charge is -2.22. The van der Waals surface area contributed by atoms with Crippen molar-refractivity contribution in [2.45, 2.75) is 11.4 Å². The molecule has 0 N–H and O–H groups in total. The average molecular weight is 438 g/mol. The minimum absolute atomic E-state index is 0.105. The number of rotatable bonds is 6. The second kappa shape index (κ2) is 7.26. The fourth-order valence-corrected chi connectivity index (χ4v) is 4.35. The number of non-ortho nitro benzene ring substituents is 1. The van der Waals surface area contributed by atoms with Crippen LogP contribution in [0.5, 0.6) is 0 Å². The topological polar surface area (TPSA) is 107 Å². The van der Waals surface area contributed by atoms with E-state index in [4.69, 9.17) is 4.42 Å². The Morgan fingerprint density at radius 2 is 2.00 bits per heavy atom. The van der Waals surface area contributed by atoms with Crippen LogP contribution < -0.4 is 4.31 Å². The summed E-state index contributed by atoms with van der Waals surface area (Å²) in [5.74, 6) is 0.579. The van der Waals surface area contributed by atoms with Gasteiger partial charge >= 0.3 is 0 Å². The molecule has 1 aromatic carbocycles. The van der Waals surface area contributed by atoms with Gasteiger partial charge in [0.25, 0.3) is 15.7 Å². The quantitative estimate of drug-likeness (QED) is 0.429. The standard InChI is InChI=1S/C16H12BrN3O5S/c17-12-8-13(20(21)22)10-15(9-12)26(23,24)19(11-14-4-3-7-25-14)16-5-1-2-6-18-16/h1-10H,11H2. The van der Waals surface area contributed by atoms with Crippen LogP contribution in [-0.2, 0) is 16.6 Å². The molecular formula is C16H12BrN3O5S. The smallest absolute Gasteiger partial charge is 0.271 e. The molecule has 0 aliphatic rings. The van der Waals surface area contributed by atoms with Crippen molar-refractivity contribution in [3.63, 3.8) is 0 Å². The Kier molecular flexibility index (Phi) is 5.05. The van der Waals surface area contributed by atoms with Crippen LogP contribution in [0.25, 0.3) is 0 Å². The maximum absolute atomic E-state index is 13.2. The number of sulfonamides is 1. The maximum atomic E-state index is 13.2. The van der Waals surface area contributed by atoms with Gasteiger partial charge in [-0.1, -0.05) is 22.0 Å². The molecule has 8 nitrogen and oxygen atoms in total. The van der Waals surface area contributed by atoms with E-state index < -0.39 is 14.9 Å². The number of pyridine rings is 1. The van der Waals surface area contributed by atoms with E-state index in [1.165, 1.54) is 30.7 Å². The number of hydrogen-bond donors (Lipinski definition) is 0. The van der Waals surface area contributed by atoms with Crippen molar-refractivity contribution in [3.05, 3.63) is 81.3 Å². The van der Waals surface area contributed by atoms with Crippen molar-refractivity contribution in [1.82, 2.24) is 4.98 Å². The number of furan rings is 1. The number of benzene rings is 1. The molecule has 0 spiro atoms. The first-order chi connectivity index (χ1) is 12.4. The van der Waals surface area contributed by atoms with Crippen LogP contribution >= 0.6 is 15.9 Å². The Labute approximate surface area is 157 Å². The van der Waals surface area contributed by atoms with Crippen molar-refractivity contribution >= 4 is 37.5 Å². The van der Waals surface area contributed by atoms with Crippen LogP contribution in [-0.4, -0.2) is 18.3 Å². The van der Waals surface area contributed by atoms with Crippen molar-refractivity contribution in [1.29, 1.82) is 0 Å². The largest absolute Gasteiger partial charge is 0.467 e. The van der Waals surface area contributed by atoms with E-state index in [1.54, 1.807) is 24.3 Å². The molecule has 3 rings (SSSR count). The number of hydrogen-bond acceptors (Lipinski definition) is 6. The third-order valence-corrected chi connectivity index (χ3v) is 5.62. The molecule has 0 saturated heterocycles. The number of nitrogens with zero attached hydrogens (tertiary/aromatic N) is 3. The van der Waals surface area contributed by atoms with Gasteiger partial charge in [0.1, 0.15) is 11.6 Å². The summed E-state index contributed by atoms with van der Waals surface area (Å²) in [6.07, 6.45) is 2.89. The highest BCUT2D eigenvalue weighted by Crippen LogP contribution is 2.29. The van der Waals surface area contributed by atoms with E-state index in [1.807, 2.05) is 0 Å². The predicted octanol–water partition coefficient (Wildman–Crippen LogP) is 3.74. The molecule has 0 fully saturated rings. The fraction of sp³-hybridized carbons (Fsp3) is 0.0625. The molecule has 0 radical (unpaired) electrons. The van der Waals surface area contributed by atoms with E-state index in [2.05, 4.69) is 20.9 Å². The van der Waals surface area contributed by atoms with Crippen LogP contribution in [0.3, 0.4) is 0 Å². The average Bonchev–Trinajstić information content (AvgIpc) is 3.13. The monoisotopic (exact) mass is 437 g/mol. The zero-order valence-electron chi connectivity index (χ0n) is 13.1. The normalized spacial score (nSPS) is 11.3. The minimum atomic E-state index is -4.13. The molecule has 0 unspecified atom stereocenters. The lowest BCUT2D eigenvalue weighted by molar-refractivity contribution is -0.385. The molecule has 0 aliphatic carbocycles. The number of anilines is 1. The lowest BCUT2D eigenvalue weighted by atomic mass is 10.3. The first-order valence-electron chi connectivity index (χ1n) is 7.29. The third-order valence-electron chi connectivity index (χ3n) is 3.44. The van der Waals surface area contributed by atoms with Gasteiger partial charge in [-0.05, 0) is 30.3 Å². The summed E-state index contributed by atoms with van der Waals surface area (Å²) in [5, 5.41) is 11.1. The van der Waals surface area contributed by atoms with E-state index in [0.29, 0.717) is 5.76 Å². The summed E-state index contributed by atoms with van der Waals surface area (Å²) in [6, 6.07) is 11.7. The summed E-state index contributed by atoms with van der Waals surface area (Å²) >= 11 is 3.12. The second-order valence-electron chi connectivity index (χ2n) is 5.18. The maximum Gasteiger partial charge on any atom is 0.271 e. The number of nitro benzene ring substituents is 1. The van der Waals surface area contributed by atoms with Gasteiger partial charge in [-0.15, -0.1) is 0 Å². The Hall–Kier alpha value is -2.72. The van der Waals surface area contributed by atoms with Gasteiger partial charge in [0.05, 0.1) is 22.6 Å². The van der Waals surface area contributed by atoms with Gasteiger partial charge in [0.2, 0.25) is 0 Å². The molecule has 0 amide bonds. The molecule has 10 heteroatoms. The Morgan fingerprint density at radius 3 is 2.62 bits per heavy atom. The summed E-state index contributed by atoms with van der Waals surface area (Å²) in [7, 11) is -4.13. The molecular weight excluding hydrogens is 426 g/mol. The molecule has 2 heterocycles. The molecule has 0 aliphatic heterocycles. The SMILES string of the molecule is O=[N+]([O-])c1cc(Br)cc(S(=O)(=O)N(Cc2ccco2)c2ccccn2)c1. The van der Waals surface area contributed by atoms with Crippen molar-refractivity contribution in [2.24, 2.45) is 0 Å².